The summed E-state index contributed by atoms with van der Waals surface area (Å²) in [4.78, 5) is 7.98. The van der Waals surface area contributed by atoms with Gasteiger partial charge < -0.3 is 14.5 Å². The molecular weight excluding hydrogens is 364 g/mol. The van der Waals surface area contributed by atoms with Gasteiger partial charge in [-0.05, 0) is 61.4 Å². The largest absolute Gasteiger partial charge is 0.493 e. The van der Waals surface area contributed by atoms with Gasteiger partial charge in [0.2, 0.25) is 0 Å². The fourth-order valence-electron chi connectivity index (χ4n) is 3.49. The van der Waals surface area contributed by atoms with E-state index in [1.807, 2.05) is 36.1 Å². The van der Waals surface area contributed by atoms with Crippen LogP contribution >= 0.6 is 0 Å². The molecule has 0 bridgehead atoms. The van der Waals surface area contributed by atoms with Gasteiger partial charge in [-0.3, -0.25) is 0 Å². The topological polar surface area (TPSA) is 65.0 Å². The van der Waals surface area contributed by atoms with Crippen LogP contribution in [0.4, 0.5) is 0 Å². The highest BCUT2D eigenvalue weighted by Gasteiger charge is 2.34. The van der Waals surface area contributed by atoms with Crippen molar-refractivity contribution in [2.24, 2.45) is 5.41 Å². The third-order valence-corrected chi connectivity index (χ3v) is 5.52. The van der Waals surface area contributed by atoms with Gasteiger partial charge >= 0.3 is 0 Å². The summed E-state index contributed by atoms with van der Waals surface area (Å²) in [5, 5.41) is 5.61. The predicted octanol–water partition coefficient (Wildman–Crippen LogP) is 4.45. The number of rotatable bonds is 5. The number of H-pyrrole nitrogens is 1. The van der Waals surface area contributed by atoms with E-state index in [1.165, 1.54) is 5.56 Å². The molecule has 1 saturated heterocycles. The van der Waals surface area contributed by atoms with Crippen molar-refractivity contribution in [3.05, 3.63) is 60.0 Å². The van der Waals surface area contributed by atoms with Gasteiger partial charge in [-0.25, -0.2) is 9.67 Å². The van der Waals surface area contributed by atoms with E-state index < -0.39 is 0 Å². The Labute approximate surface area is 169 Å². The van der Waals surface area contributed by atoms with E-state index in [0.29, 0.717) is 6.61 Å². The molecule has 5 rings (SSSR count). The SMILES string of the molecule is Cc1cn(-c2cnc3[nH]c(-c4ccc(OCC5(C)COC5)cc4)cc3c2)nc1C. The number of nitrogens with zero attached hydrogens (tertiary/aromatic N) is 3. The van der Waals surface area contributed by atoms with Gasteiger partial charge in [-0.1, -0.05) is 6.92 Å². The Bertz CT molecular complexity index is 1150. The van der Waals surface area contributed by atoms with E-state index in [2.05, 4.69) is 53.2 Å². The minimum Gasteiger partial charge on any atom is -0.493 e. The quantitative estimate of drug-likeness (QED) is 0.549. The van der Waals surface area contributed by atoms with Crippen molar-refractivity contribution in [1.29, 1.82) is 0 Å². The fourth-order valence-corrected chi connectivity index (χ4v) is 3.49. The summed E-state index contributed by atoms with van der Waals surface area (Å²) in [6, 6.07) is 12.4. The zero-order valence-electron chi connectivity index (χ0n) is 16.9. The molecule has 6 nitrogen and oxygen atoms in total. The Morgan fingerprint density at radius 1 is 1.17 bits per heavy atom. The van der Waals surface area contributed by atoms with E-state index in [9.17, 15) is 0 Å². The molecule has 4 heterocycles. The Morgan fingerprint density at radius 3 is 2.62 bits per heavy atom. The highest BCUT2D eigenvalue weighted by Crippen LogP contribution is 2.29. The van der Waals surface area contributed by atoms with Crippen LogP contribution in [0, 0.1) is 19.3 Å². The second-order valence-electron chi connectivity index (χ2n) is 8.27. The van der Waals surface area contributed by atoms with Crippen LogP contribution < -0.4 is 4.74 Å². The van der Waals surface area contributed by atoms with Crippen LogP contribution in [0.15, 0.2) is 48.8 Å². The predicted molar refractivity (Wildman–Crippen MR) is 113 cm³/mol. The molecule has 4 aromatic rings. The van der Waals surface area contributed by atoms with Gasteiger partial charge in [0.15, 0.2) is 0 Å². The fraction of sp³-hybridized carbons (Fsp3) is 0.304. The third kappa shape index (κ3) is 3.40. The first-order valence-corrected chi connectivity index (χ1v) is 9.82. The van der Waals surface area contributed by atoms with Gasteiger partial charge in [-0.2, -0.15) is 5.10 Å². The van der Waals surface area contributed by atoms with Crippen LogP contribution in [-0.4, -0.2) is 39.6 Å². The van der Waals surface area contributed by atoms with Crippen LogP contribution in [0.1, 0.15) is 18.2 Å². The third-order valence-electron chi connectivity index (χ3n) is 5.52. The Balaban J connectivity index is 1.37. The van der Waals surface area contributed by atoms with Crippen LogP contribution in [-0.2, 0) is 4.74 Å². The summed E-state index contributed by atoms with van der Waals surface area (Å²) in [5.74, 6) is 0.878. The number of ether oxygens (including phenoxy) is 2. The monoisotopic (exact) mass is 388 g/mol. The number of fused-ring (bicyclic) bond motifs is 1. The van der Waals surface area contributed by atoms with Gasteiger partial charge in [0.25, 0.3) is 0 Å². The number of pyridine rings is 1. The first-order valence-electron chi connectivity index (χ1n) is 9.82. The van der Waals surface area contributed by atoms with Gasteiger partial charge in [0.1, 0.15) is 11.4 Å². The molecule has 0 unspecified atom stereocenters. The number of hydrogen-bond acceptors (Lipinski definition) is 4. The van der Waals surface area contributed by atoms with Crippen molar-refractivity contribution >= 4 is 11.0 Å². The Kier molecular flexibility index (Phi) is 4.17. The summed E-state index contributed by atoms with van der Waals surface area (Å²) >= 11 is 0. The molecule has 0 saturated carbocycles. The molecule has 0 spiro atoms. The van der Waals surface area contributed by atoms with E-state index >= 15 is 0 Å². The van der Waals surface area contributed by atoms with E-state index in [0.717, 1.165) is 52.6 Å². The molecule has 29 heavy (non-hydrogen) atoms. The van der Waals surface area contributed by atoms with Crippen LogP contribution in [0.3, 0.4) is 0 Å². The summed E-state index contributed by atoms with van der Waals surface area (Å²) in [7, 11) is 0. The maximum atomic E-state index is 5.93. The standard InChI is InChI=1S/C23H24N4O2/c1-15-11-27(26-16(15)2)19-8-18-9-21(25-22(18)24-10-19)17-4-6-20(7-5-17)29-14-23(3)12-28-13-23/h4-11H,12-14H2,1-3H3,(H,24,25). The lowest BCUT2D eigenvalue weighted by Crippen LogP contribution is -2.44. The molecule has 1 aliphatic rings. The molecule has 3 aromatic heterocycles. The molecule has 1 fully saturated rings. The number of hydrogen-bond donors (Lipinski definition) is 1. The first-order chi connectivity index (χ1) is 14.0. The van der Waals surface area contributed by atoms with Gasteiger partial charge in [-0.15, -0.1) is 0 Å². The maximum Gasteiger partial charge on any atom is 0.137 e. The smallest absolute Gasteiger partial charge is 0.137 e. The summed E-state index contributed by atoms with van der Waals surface area (Å²) in [6.45, 7) is 8.48. The molecule has 1 N–H and O–H groups in total. The number of aromatic nitrogens is 4. The van der Waals surface area contributed by atoms with E-state index in [1.54, 1.807) is 0 Å². The minimum atomic E-state index is 0.144. The van der Waals surface area contributed by atoms with Crippen molar-refractivity contribution in [3.63, 3.8) is 0 Å². The summed E-state index contributed by atoms with van der Waals surface area (Å²) in [5.41, 5.74) is 6.29. The highest BCUT2D eigenvalue weighted by molar-refractivity contribution is 5.84. The second kappa shape index (κ2) is 6.74. The van der Waals surface area contributed by atoms with Crippen molar-refractivity contribution in [2.75, 3.05) is 19.8 Å². The molecule has 0 aliphatic carbocycles. The maximum absolute atomic E-state index is 5.93. The minimum absolute atomic E-state index is 0.144. The van der Waals surface area contributed by atoms with E-state index in [-0.39, 0.29) is 5.41 Å². The molecule has 0 radical (unpaired) electrons. The molecule has 1 aromatic carbocycles. The van der Waals surface area contributed by atoms with Crippen LogP contribution in [0.2, 0.25) is 0 Å². The Hall–Kier alpha value is -3.12. The summed E-state index contributed by atoms with van der Waals surface area (Å²) in [6.07, 6.45) is 3.87. The molecule has 0 amide bonds. The van der Waals surface area contributed by atoms with Crippen molar-refractivity contribution in [1.82, 2.24) is 19.7 Å². The zero-order chi connectivity index (χ0) is 20.0. The molecule has 148 valence electrons. The number of benzene rings is 1. The van der Waals surface area contributed by atoms with Crippen molar-refractivity contribution in [2.45, 2.75) is 20.8 Å². The number of nitrogens with one attached hydrogen (secondary N) is 1. The van der Waals surface area contributed by atoms with Gasteiger partial charge in [0.05, 0.1) is 37.4 Å². The Morgan fingerprint density at radius 2 is 1.97 bits per heavy atom. The highest BCUT2D eigenvalue weighted by atomic mass is 16.5. The lowest BCUT2D eigenvalue weighted by atomic mass is 9.90. The molecular formula is C23H24N4O2. The average molecular weight is 388 g/mol. The molecule has 6 heteroatoms. The first kappa shape index (κ1) is 17.9. The lowest BCUT2D eigenvalue weighted by Gasteiger charge is -2.37. The molecule has 0 atom stereocenters. The van der Waals surface area contributed by atoms with E-state index in [4.69, 9.17) is 9.47 Å². The number of aromatic amines is 1. The zero-order valence-corrected chi connectivity index (χ0v) is 16.9. The number of aryl methyl sites for hydroxylation is 2. The average Bonchev–Trinajstić information content (AvgIpc) is 3.28. The second-order valence-corrected chi connectivity index (χ2v) is 8.27. The molecule has 1 aliphatic heterocycles. The van der Waals surface area contributed by atoms with Crippen molar-refractivity contribution < 1.29 is 9.47 Å². The normalized spacial score (nSPS) is 15.4. The van der Waals surface area contributed by atoms with Crippen LogP contribution in [0.5, 0.6) is 5.75 Å². The van der Waals surface area contributed by atoms with Gasteiger partial charge in [0, 0.05) is 22.7 Å². The summed E-state index contributed by atoms with van der Waals surface area (Å²) < 4.78 is 13.1. The van der Waals surface area contributed by atoms with Crippen molar-refractivity contribution in [3.8, 4) is 22.7 Å². The van der Waals surface area contributed by atoms with Crippen LogP contribution in [0.25, 0.3) is 28.0 Å². The lowest BCUT2D eigenvalue weighted by molar-refractivity contribution is -0.120.